The number of hydrogen-bond donors (Lipinski definition) is 1. The highest BCUT2D eigenvalue weighted by Gasteiger charge is 1.99. The van der Waals surface area contributed by atoms with Gasteiger partial charge in [-0.1, -0.05) is 5.16 Å². The van der Waals surface area contributed by atoms with E-state index < -0.39 is 0 Å². The van der Waals surface area contributed by atoms with E-state index in [9.17, 15) is 0 Å². The summed E-state index contributed by atoms with van der Waals surface area (Å²) in [5.41, 5.74) is 0. The number of rotatable bonds is 1. The van der Waals surface area contributed by atoms with Crippen molar-refractivity contribution < 1.29 is 5.21 Å². The highest BCUT2D eigenvalue weighted by atomic mass is 79.9. The van der Waals surface area contributed by atoms with Crippen LogP contribution in [0.4, 0.5) is 0 Å². The predicted molar refractivity (Wildman–Crippen MR) is 40.3 cm³/mol. The highest BCUT2D eigenvalue weighted by Crippen LogP contribution is 2.07. The molecule has 0 saturated carbocycles. The maximum Gasteiger partial charge on any atom is 0.155 e. The molecule has 5 heteroatoms. The van der Waals surface area contributed by atoms with Crippen LogP contribution < -0.4 is 0 Å². The van der Waals surface area contributed by atoms with Crippen LogP contribution in [0.15, 0.2) is 16.0 Å². The third-order valence-corrected chi connectivity index (χ3v) is 1.88. The molecule has 10 heavy (non-hydrogen) atoms. The Hall–Kier alpha value is -0.840. The van der Waals surface area contributed by atoms with E-state index in [1.807, 2.05) is 7.05 Å². The molecule has 1 N–H and O–H groups in total. The molecule has 1 aromatic rings. The van der Waals surface area contributed by atoms with Gasteiger partial charge in [0, 0.05) is 7.05 Å². The van der Waals surface area contributed by atoms with E-state index in [0.717, 1.165) is 4.60 Å². The minimum atomic E-state index is 0.606. The van der Waals surface area contributed by atoms with Crippen molar-refractivity contribution in [3.8, 4) is 0 Å². The second-order valence-corrected chi connectivity index (χ2v) is 2.56. The van der Waals surface area contributed by atoms with Crippen molar-refractivity contribution in [3.05, 3.63) is 16.6 Å². The van der Waals surface area contributed by atoms with Crippen LogP contribution in [0.1, 0.15) is 5.82 Å². The Kier molecular flexibility index (Phi) is 2.06. The molecule has 0 aliphatic rings. The van der Waals surface area contributed by atoms with E-state index in [2.05, 4.69) is 26.1 Å². The van der Waals surface area contributed by atoms with Crippen LogP contribution in [0.3, 0.4) is 0 Å². The molecule has 0 saturated heterocycles. The number of hydrogen-bond acceptors (Lipinski definition) is 3. The van der Waals surface area contributed by atoms with Gasteiger partial charge in [0.15, 0.2) is 5.82 Å². The molecule has 0 unspecified atom stereocenters. The van der Waals surface area contributed by atoms with Gasteiger partial charge in [-0.3, -0.25) is 0 Å². The second kappa shape index (κ2) is 2.83. The third-order valence-electron chi connectivity index (χ3n) is 1.14. The molecule has 0 fully saturated rings. The van der Waals surface area contributed by atoms with Gasteiger partial charge in [-0.05, 0) is 15.9 Å². The van der Waals surface area contributed by atoms with Crippen molar-refractivity contribution in [2.24, 2.45) is 12.2 Å². The Balaban J connectivity index is 3.05. The summed E-state index contributed by atoms with van der Waals surface area (Å²) in [5.74, 6) is 0.606. The molecule has 4 nitrogen and oxygen atoms in total. The smallest absolute Gasteiger partial charge is 0.155 e. The Morgan fingerprint density at radius 1 is 1.90 bits per heavy atom. The summed E-state index contributed by atoms with van der Waals surface area (Å²) < 4.78 is 2.60. The van der Waals surface area contributed by atoms with Crippen LogP contribution >= 0.6 is 15.9 Å². The number of imidazole rings is 1. The van der Waals surface area contributed by atoms with Gasteiger partial charge in [-0.25, -0.2) is 4.98 Å². The first-order valence-corrected chi connectivity index (χ1v) is 3.39. The fourth-order valence-corrected chi connectivity index (χ4v) is 0.858. The first-order chi connectivity index (χ1) is 4.75. The molecule has 0 radical (unpaired) electrons. The van der Waals surface area contributed by atoms with Gasteiger partial charge in [-0.2, -0.15) is 0 Å². The van der Waals surface area contributed by atoms with E-state index in [1.165, 1.54) is 6.21 Å². The Morgan fingerprint density at radius 3 is 3.00 bits per heavy atom. The lowest BCUT2D eigenvalue weighted by atomic mass is 10.7. The summed E-state index contributed by atoms with van der Waals surface area (Å²) in [7, 11) is 1.81. The summed E-state index contributed by atoms with van der Waals surface area (Å²) in [6, 6.07) is 0. The molecular weight excluding hydrogens is 198 g/mol. The van der Waals surface area contributed by atoms with Crippen LogP contribution in [-0.4, -0.2) is 21.0 Å². The van der Waals surface area contributed by atoms with Gasteiger partial charge in [0.1, 0.15) is 10.8 Å². The molecule has 1 rings (SSSR count). The zero-order valence-electron chi connectivity index (χ0n) is 5.32. The van der Waals surface area contributed by atoms with Crippen molar-refractivity contribution in [2.75, 3.05) is 0 Å². The number of nitrogens with zero attached hydrogens (tertiary/aromatic N) is 3. The fourth-order valence-electron chi connectivity index (χ4n) is 0.574. The van der Waals surface area contributed by atoms with Gasteiger partial charge >= 0.3 is 0 Å². The molecular formula is C5H6BrN3O. The van der Waals surface area contributed by atoms with Crippen molar-refractivity contribution in [1.29, 1.82) is 0 Å². The van der Waals surface area contributed by atoms with Gasteiger partial charge in [0.25, 0.3) is 0 Å². The minimum Gasteiger partial charge on any atom is -0.411 e. The lowest BCUT2D eigenvalue weighted by molar-refractivity contribution is 0.321. The lowest BCUT2D eigenvalue weighted by Gasteiger charge is -1.92. The standard InChI is InChI=1S/C5H6BrN3O/c1-9-4(6)2-7-5(9)3-8-10/h2-3,10H,1H3/b8-3-. The molecule has 0 aliphatic carbocycles. The average molecular weight is 204 g/mol. The maximum absolute atomic E-state index is 8.15. The summed E-state index contributed by atoms with van der Waals surface area (Å²) in [6.07, 6.45) is 2.90. The van der Waals surface area contributed by atoms with Crippen LogP contribution in [0.5, 0.6) is 0 Å². The van der Waals surface area contributed by atoms with E-state index in [4.69, 9.17) is 5.21 Å². The predicted octanol–water partition coefficient (Wildman–Crippen LogP) is 0.991. The molecule has 0 atom stereocenters. The molecule has 1 heterocycles. The lowest BCUT2D eigenvalue weighted by Crippen LogP contribution is -1.95. The summed E-state index contributed by atoms with van der Waals surface area (Å²) in [5, 5.41) is 11.0. The third kappa shape index (κ3) is 1.18. The number of oxime groups is 1. The topological polar surface area (TPSA) is 50.4 Å². The SMILES string of the molecule is Cn1c(Br)cnc1/C=N\O. The zero-order valence-corrected chi connectivity index (χ0v) is 6.91. The van der Waals surface area contributed by atoms with Gasteiger partial charge < -0.3 is 9.77 Å². The fraction of sp³-hybridized carbons (Fsp3) is 0.200. The average Bonchev–Trinajstić information content (AvgIpc) is 2.20. The largest absolute Gasteiger partial charge is 0.411 e. The number of aromatic nitrogens is 2. The highest BCUT2D eigenvalue weighted by molar-refractivity contribution is 9.10. The van der Waals surface area contributed by atoms with Crippen molar-refractivity contribution in [3.63, 3.8) is 0 Å². The van der Waals surface area contributed by atoms with Crippen LogP contribution in [0.25, 0.3) is 0 Å². The van der Waals surface area contributed by atoms with Crippen LogP contribution in [0, 0.1) is 0 Å². The molecule has 0 aliphatic heterocycles. The van der Waals surface area contributed by atoms with E-state index in [-0.39, 0.29) is 0 Å². The maximum atomic E-state index is 8.15. The van der Waals surface area contributed by atoms with Crippen molar-refractivity contribution >= 4 is 22.1 Å². The van der Waals surface area contributed by atoms with Crippen LogP contribution in [-0.2, 0) is 7.05 Å². The number of halogens is 1. The first kappa shape index (κ1) is 7.27. The summed E-state index contributed by atoms with van der Waals surface area (Å²) in [4.78, 5) is 3.91. The normalized spacial score (nSPS) is 11.0. The monoisotopic (exact) mass is 203 g/mol. The first-order valence-electron chi connectivity index (χ1n) is 2.60. The van der Waals surface area contributed by atoms with Gasteiger partial charge in [0.2, 0.25) is 0 Å². The Bertz CT molecular complexity index is 255. The minimum absolute atomic E-state index is 0.606. The summed E-state index contributed by atoms with van der Waals surface area (Å²) in [6.45, 7) is 0. The van der Waals surface area contributed by atoms with Gasteiger partial charge in [0.05, 0.1) is 6.20 Å². The van der Waals surface area contributed by atoms with Crippen molar-refractivity contribution in [2.45, 2.75) is 0 Å². The molecule has 0 aromatic carbocycles. The van der Waals surface area contributed by atoms with Crippen molar-refractivity contribution in [1.82, 2.24) is 9.55 Å². The van der Waals surface area contributed by atoms with Crippen LogP contribution in [0.2, 0.25) is 0 Å². The Morgan fingerprint density at radius 2 is 2.60 bits per heavy atom. The molecule has 0 amide bonds. The molecule has 0 bridgehead atoms. The molecule has 0 spiro atoms. The summed E-state index contributed by atoms with van der Waals surface area (Å²) >= 11 is 3.24. The van der Waals surface area contributed by atoms with Gasteiger partial charge in [-0.15, -0.1) is 0 Å². The Labute approximate surface area is 66.3 Å². The van der Waals surface area contributed by atoms with E-state index in [1.54, 1.807) is 10.8 Å². The van der Waals surface area contributed by atoms with E-state index >= 15 is 0 Å². The quantitative estimate of drug-likeness (QED) is 0.421. The molecule has 1 aromatic heterocycles. The second-order valence-electron chi connectivity index (χ2n) is 1.74. The zero-order chi connectivity index (χ0) is 7.56. The van der Waals surface area contributed by atoms with E-state index in [0.29, 0.717) is 5.82 Å². The molecule has 54 valence electrons.